The van der Waals surface area contributed by atoms with Crippen LogP contribution in [0.2, 0.25) is 0 Å². The molecule has 0 saturated carbocycles. The van der Waals surface area contributed by atoms with Crippen molar-refractivity contribution in [3.8, 4) is 0 Å². The summed E-state index contributed by atoms with van der Waals surface area (Å²) in [5, 5.41) is 7.65. The van der Waals surface area contributed by atoms with E-state index in [2.05, 4.69) is 22.3 Å². The summed E-state index contributed by atoms with van der Waals surface area (Å²) in [6.07, 6.45) is 2.84. The van der Waals surface area contributed by atoms with Crippen LogP contribution in [0.1, 0.15) is 18.9 Å². The third kappa shape index (κ3) is 2.74. The van der Waals surface area contributed by atoms with E-state index in [1.54, 1.807) is 11.6 Å². The number of hydrogen-bond donors (Lipinski definition) is 1. The van der Waals surface area contributed by atoms with Crippen molar-refractivity contribution in [3.05, 3.63) is 23.9 Å². The zero-order chi connectivity index (χ0) is 12.3. The lowest BCUT2D eigenvalue weighted by molar-refractivity contribution is 0.191. The van der Waals surface area contributed by atoms with Gasteiger partial charge in [0.25, 0.3) is 0 Å². The minimum absolute atomic E-state index is 0.299. The number of nitrogens with zero attached hydrogens (tertiary/aromatic N) is 3. The van der Waals surface area contributed by atoms with Gasteiger partial charge in [-0.2, -0.15) is 4.98 Å². The Kier molecular flexibility index (Phi) is 3.58. The average molecular weight is 234 g/mol. The molecule has 5 heteroatoms. The molecule has 2 aromatic rings. The zero-order valence-electron chi connectivity index (χ0n) is 10.5. The van der Waals surface area contributed by atoms with Gasteiger partial charge < -0.3 is 10.1 Å². The molecule has 2 heterocycles. The fourth-order valence-electron chi connectivity index (χ4n) is 1.69. The Morgan fingerprint density at radius 3 is 3.06 bits per heavy atom. The van der Waals surface area contributed by atoms with Gasteiger partial charge in [0.15, 0.2) is 5.65 Å². The van der Waals surface area contributed by atoms with Crippen LogP contribution in [0.25, 0.3) is 5.65 Å². The third-order valence-electron chi connectivity index (χ3n) is 2.69. The average Bonchev–Trinajstić information content (AvgIpc) is 2.70. The van der Waals surface area contributed by atoms with E-state index < -0.39 is 0 Å². The molecular formula is C12H18N4O. The van der Waals surface area contributed by atoms with E-state index in [0.29, 0.717) is 12.0 Å². The smallest absolute Gasteiger partial charge is 0.243 e. The fourth-order valence-corrected chi connectivity index (χ4v) is 1.69. The van der Waals surface area contributed by atoms with E-state index in [9.17, 15) is 0 Å². The van der Waals surface area contributed by atoms with Crippen LogP contribution in [-0.4, -0.2) is 34.4 Å². The Hall–Kier alpha value is -1.62. The van der Waals surface area contributed by atoms with Gasteiger partial charge in [0.1, 0.15) is 0 Å². The maximum atomic E-state index is 5.04. The summed E-state index contributed by atoms with van der Waals surface area (Å²) in [5.74, 6) is 0.669. The second-order valence-electron chi connectivity index (χ2n) is 4.22. The first-order chi connectivity index (χ1) is 8.20. The van der Waals surface area contributed by atoms with E-state index in [0.717, 1.165) is 24.2 Å². The highest BCUT2D eigenvalue weighted by Gasteiger charge is 2.08. The Morgan fingerprint density at radius 1 is 1.53 bits per heavy atom. The van der Waals surface area contributed by atoms with E-state index >= 15 is 0 Å². The van der Waals surface area contributed by atoms with Gasteiger partial charge in [-0.05, 0) is 31.9 Å². The number of methoxy groups -OCH3 is 1. The topological polar surface area (TPSA) is 51.5 Å². The first-order valence-corrected chi connectivity index (χ1v) is 5.78. The minimum atomic E-state index is 0.299. The highest BCUT2D eigenvalue weighted by atomic mass is 16.5. The Morgan fingerprint density at radius 2 is 2.35 bits per heavy atom. The molecule has 0 fully saturated rings. The van der Waals surface area contributed by atoms with Crippen molar-refractivity contribution in [1.29, 1.82) is 0 Å². The second-order valence-corrected chi connectivity index (χ2v) is 4.22. The summed E-state index contributed by atoms with van der Waals surface area (Å²) in [6, 6.07) is 4.30. The molecule has 0 saturated heterocycles. The van der Waals surface area contributed by atoms with Gasteiger partial charge in [-0.1, -0.05) is 6.07 Å². The van der Waals surface area contributed by atoms with E-state index in [-0.39, 0.29) is 0 Å². The van der Waals surface area contributed by atoms with E-state index in [1.807, 2.05) is 25.3 Å². The largest absolute Gasteiger partial charge is 0.385 e. The van der Waals surface area contributed by atoms with E-state index in [4.69, 9.17) is 4.74 Å². The number of rotatable bonds is 5. The van der Waals surface area contributed by atoms with E-state index in [1.165, 1.54) is 0 Å². The van der Waals surface area contributed by atoms with Crippen molar-refractivity contribution in [1.82, 2.24) is 14.6 Å². The molecule has 0 aliphatic carbocycles. The van der Waals surface area contributed by atoms with Gasteiger partial charge in [-0.15, -0.1) is 5.10 Å². The summed E-state index contributed by atoms with van der Waals surface area (Å²) < 4.78 is 6.83. The molecule has 1 N–H and O–H groups in total. The zero-order valence-corrected chi connectivity index (χ0v) is 10.5. The fraction of sp³-hybridized carbons (Fsp3) is 0.500. The molecule has 2 rings (SSSR count). The van der Waals surface area contributed by atoms with Crippen molar-refractivity contribution >= 4 is 11.6 Å². The maximum Gasteiger partial charge on any atom is 0.243 e. The Balaban J connectivity index is 2.11. The normalized spacial score (nSPS) is 12.9. The van der Waals surface area contributed by atoms with Crippen LogP contribution in [0.15, 0.2) is 18.3 Å². The summed E-state index contributed by atoms with van der Waals surface area (Å²) in [5.41, 5.74) is 2.02. The number of aromatic nitrogens is 3. The van der Waals surface area contributed by atoms with Gasteiger partial charge in [-0.25, -0.2) is 4.52 Å². The summed E-state index contributed by atoms with van der Waals surface area (Å²) in [6.45, 7) is 4.86. The SMILES string of the molecule is COCCC(C)Nc1nc2c(C)cccn2n1. The molecule has 0 aliphatic rings. The number of fused-ring (bicyclic) bond motifs is 1. The molecule has 0 radical (unpaired) electrons. The maximum absolute atomic E-state index is 5.04. The molecule has 0 amide bonds. The summed E-state index contributed by atoms with van der Waals surface area (Å²) in [4.78, 5) is 4.46. The van der Waals surface area contributed by atoms with Gasteiger partial charge in [0.05, 0.1) is 0 Å². The molecule has 5 nitrogen and oxygen atoms in total. The molecule has 0 aromatic carbocycles. The lowest BCUT2D eigenvalue weighted by Gasteiger charge is -2.10. The van der Waals surface area contributed by atoms with Crippen LogP contribution in [0, 0.1) is 6.92 Å². The predicted octanol–water partition coefficient (Wildman–Crippen LogP) is 1.87. The van der Waals surface area contributed by atoms with Crippen molar-refractivity contribution in [2.75, 3.05) is 19.0 Å². The number of ether oxygens (including phenoxy) is 1. The monoisotopic (exact) mass is 234 g/mol. The van der Waals surface area contributed by atoms with Gasteiger partial charge in [-0.3, -0.25) is 0 Å². The Labute approximate surface area is 101 Å². The highest BCUT2D eigenvalue weighted by Crippen LogP contribution is 2.11. The van der Waals surface area contributed by atoms with Gasteiger partial charge >= 0.3 is 0 Å². The summed E-state index contributed by atoms with van der Waals surface area (Å²) >= 11 is 0. The van der Waals surface area contributed by atoms with Crippen molar-refractivity contribution in [3.63, 3.8) is 0 Å². The molecule has 2 aromatic heterocycles. The van der Waals surface area contributed by atoms with Gasteiger partial charge in [0.2, 0.25) is 5.95 Å². The van der Waals surface area contributed by atoms with Crippen LogP contribution in [0.4, 0.5) is 5.95 Å². The highest BCUT2D eigenvalue weighted by molar-refractivity contribution is 5.49. The summed E-state index contributed by atoms with van der Waals surface area (Å²) in [7, 11) is 1.71. The number of nitrogens with one attached hydrogen (secondary N) is 1. The number of hydrogen-bond acceptors (Lipinski definition) is 4. The molecule has 92 valence electrons. The van der Waals surface area contributed by atoms with Crippen LogP contribution >= 0.6 is 0 Å². The number of aryl methyl sites for hydroxylation is 1. The second kappa shape index (κ2) is 5.14. The van der Waals surface area contributed by atoms with Crippen LogP contribution in [0.3, 0.4) is 0 Å². The molecule has 0 spiro atoms. The van der Waals surface area contributed by atoms with Gasteiger partial charge in [0, 0.05) is 26.0 Å². The van der Waals surface area contributed by atoms with Crippen LogP contribution in [0.5, 0.6) is 0 Å². The van der Waals surface area contributed by atoms with Crippen molar-refractivity contribution in [2.45, 2.75) is 26.3 Å². The molecular weight excluding hydrogens is 216 g/mol. The van der Waals surface area contributed by atoms with Crippen molar-refractivity contribution < 1.29 is 4.74 Å². The Bertz CT molecular complexity index is 494. The minimum Gasteiger partial charge on any atom is -0.385 e. The van der Waals surface area contributed by atoms with Crippen LogP contribution in [-0.2, 0) is 4.74 Å². The first kappa shape index (κ1) is 11.9. The molecule has 0 aliphatic heterocycles. The number of pyridine rings is 1. The quantitative estimate of drug-likeness (QED) is 0.858. The standard InChI is InChI=1S/C12H18N4O/c1-9-5-4-7-16-11(9)14-12(15-16)13-10(2)6-8-17-3/h4-5,7,10H,6,8H2,1-3H3,(H,13,15). The lowest BCUT2D eigenvalue weighted by Crippen LogP contribution is -2.18. The third-order valence-corrected chi connectivity index (χ3v) is 2.69. The lowest BCUT2D eigenvalue weighted by atomic mass is 10.2. The van der Waals surface area contributed by atoms with Crippen LogP contribution < -0.4 is 5.32 Å². The molecule has 1 atom stereocenters. The number of anilines is 1. The molecule has 0 bridgehead atoms. The molecule has 1 unspecified atom stereocenters. The molecule has 17 heavy (non-hydrogen) atoms. The predicted molar refractivity (Wildman–Crippen MR) is 67.3 cm³/mol. The van der Waals surface area contributed by atoms with Crippen molar-refractivity contribution in [2.24, 2.45) is 0 Å². The first-order valence-electron chi connectivity index (χ1n) is 5.78.